The highest BCUT2D eigenvalue weighted by atomic mass is 16.4. The molecule has 74 valence electrons. The van der Waals surface area contributed by atoms with Crippen LogP contribution in [-0.2, 0) is 0 Å². The second-order valence-electron chi connectivity index (χ2n) is 3.57. The molecule has 1 heterocycles. The van der Waals surface area contributed by atoms with Crippen LogP contribution in [0.3, 0.4) is 0 Å². The molecule has 1 aromatic rings. The first-order chi connectivity index (χ1) is 6.09. The van der Waals surface area contributed by atoms with Crippen molar-refractivity contribution in [3.05, 3.63) is 17.9 Å². The Morgan fingerprint density at radius 3 is 2.69 bits per heavy atom. The van der Waals surface area contributed by atoms with Gasteiger partial charge in [-0.2, -0.15) is 0 Å². The lowest BCUT2D eigenvalue weighted by Crippen LogP contribution is -2.25. The molecule has 3 nitrogen and oxygen atoms in total. The van der Waals surface area contributed by atoms with Gasteiger partial charge >= 0.3 is 0 Å². The Balaban J connectivity index is 2.44. The first-order valence-corrected chi connectivity index (χ1v) is 4.62. The quantitative estimate of drug-likeness (QED) is 0.771. The van der Waals surface area contributed by atoms with Crippen LogP contribution in [0.15, 0.2) is 16.5 Å². The van der Waals surface area contributed by atoms with E-state index in [1.807, 2.05) is 33.0 Å². The predicted octanol–water partition coefficient (Wildman–Crippen LogP) is 1.76. The molecule has 1 atom stereocenters. The Hall–Kier alpha value is -0.960. The van der Waals surface area contributed by atoms with Crippen LogP contribution in [0.1, 0.15) is 19.1 Å². The van der Waals surface area contributed by atoms with Crippen molar-refractivity contribution in [2.24, 2.45) is 5.73 Å². The minimum absolute atomic E-state index is 0.249. The predicted molar refractivity (Wildman–Crippen MR) is 55.0 cm³/mol. The van der Waals surface area contributed by atoms with Gasteiger partial charge in [0.05, 0.1) is 0 Å². The average molecular weight is 182 g/mol. The minimum Gasteiger partial charge on any atom is -0.446 e. The van der Waals surface area contributed by atoms with Gasteiger partial charge in [-0.1, -0.05) is 0 Å². The topological polar surface area (TPSA) is 42.4 Å². The van der Waals surface area contributed by atoms with E-state index in [2.05, 4.69) is 4.90 Å². The Morgan fingerprint density at radius 2 is 2.23 bits per heavy atom. The second-order valence-corrected chi connectivity index (χ2v) is 3.57. The molecule has 13 heavy (non-hydrogen) atoms. The van der Waals surface area contributed by atoms with Gasteiger partial charge in [0.1, 0.15) is 5.76 Å². The fourth-order valence-corrected chi connectivity index (χ4v) is 1.13. The van der Waals surface area contributed by atoms with E-state index >= 15 is 0 Å². The summed E-state index contributed by atoms with van der Waals surface area (Å²) in [6.45, 7) is 4.90. The van der Waals surface area contributed by atoms with Gasteiger partial charge in [-0.3, -0.25) is 0 Å². The zero-order valence-corrected chi connectivity index (χ0v) is 8.58. The zero-order chi connectivity index (χ0) is 9.84. The van der Waals surface area contributed by atoms with Crippen LogP contribution < -0.4 is 10.6 Å². The molecule has 0 radical (unpaired) electrons. The van der Waals surface area contributed by atoms with E-state index in [0.717, 1.165) is 24.6 Å². The summed E-state index contributed by atoms with van der Waals surface area (Å²) in [4.78, 5) is 2.08. The molecule has 1 unspecified atom stereocenters. The molecule has 0 fully saturated rings. The molecule has 2 N–H and O–H groups in total. The lowest BCUT2D eigenvalue weighted by atomic mass is 10.2. The van der Waals surface area contributed by atoms with E-state index in [9.17, 15) is 0 Å². The Morgan fingerprint density at radius 1 is 1.54 bits per heavy atom. The van der Waals surface area contributed by atoms with Crippen LogP contribution in [0.2, 0.25) is 0 Å². The van der Waals surface area contributed by atoms with Gasteiger partial charge in [0.25, 0.3) is 0 Å². The number of hydrogen-bond donors (Lipinski definition) is 1. The van der Waals surface area contributed by atoms with Gasteiger partial charge in [0, 0.05) is 25.7 Å². The molecular weight excluding hydrogens is 164 g/mol. The van der Waals surface area contributed by atoms with Crippen molar-refractivity contribution in [2.75, 3.05) is 18.5 Å². The van der Waals surface area contributed by atoms with Gasteiger partial charge in [-0.15, -0.1) is 0 Å². The van der Waals surface area contributed by atoms with E-state index in [4.69, 9.17) is 10.2 Å². The third-order valence-corrected chi connectivity index (χ3v) is 2.02. The Bertz CT molecular complexity index is 255. The van der Waals surface area contributed by atoms with Crippen LogP contribution in [0.4, 0.5) is 5.88 Å². The van der Waals surface area contributed by atoms with Crippen LogP contribution >= 0.6 is 0 Å². The fourth-order valence-electron chi connectivity index (χ4n) is 1.13. The van der Waals surface area contributed by atoms with Gasteiger partial charge < -0.3 is 15.1 Å². The standard InChI is InChI=1S/C10H18N2O/c1-8(11)6-7-12(3)10-5-4-9(2)13-10/h4-5,8H,6-7,11H2,1-3H3. The summed E-state index contributed by atoms with van der Waals surface area (Å²) < 4.78 is 5.46. The van der Waals surface area contributed by atoms with Gasteiger partial charge in [0.15, 0.2) is 5.88 Å². The van der Waals surface area contributed by atoms with Crippen molar-refractivity contribution >= 4 is 5.88 Å². The largest absolute Gasteiger partial charge is 0.446 e. The lowest BCUT2D eigenvalue weighted by molar-refractivity contribution is 0.519. The van der Waals surface area contributed by atoms with Crippen molar-refractivity contribution in [2.45, 2.75) is 26.3 Å². The third-order valence-electron chi connectivity index (χ3n) is 2.02. The van der Waals surface area contributed by atoms with Crippen LogP contribution in [0, 0.1) is 6.92 Å². The summed E-state index contributed by atoms with van der Waals surface area (Å²) in [5, 5.41) is 0. The van der Waals surface area contributed by atoms with Crippen molar-refractivity contribution in [1.82, 2.24) is 0 Å². The summed E-state index contributed by atoms with van der Waals surface area (Å²) in [5.41, 5.74) is 5.67. The molecule has 0 aliphatic carbocycles. The highest BCUT2D eigenvalue weighted by Gasteiger charge is 2.05. The number of nitrogens with two attached hydrogens (primary N) is 1. The van der Waals surface area contributed by atoms with E-state index in [0.29, 0.717) is 0 Å². The van der Waals surface area contributed by atoms with Crippen LogP contribution in [0.25, 0.3) is 0 Å². The smallest absolute Gasteiger partial charge is 0.195 e. The SMILES string of the molecule is Cc1ccc(N(C)CCC(C)N)o1. The average Bonchev–Trinajstić information content (AvgIpc) is 2.47. The molecule has 0 spiro atoms. The molecule has 3 heteroatoms. The molecule has 0 aliphatic heterocycles. The molecule has 1 aromatic heterocycles. The molecule has 0 aliphatic rings. The van der Waals surface area contributed by atoms with Crippen molar-refractivity contribution in [3.8, 4) is 0 Å². The number of nitrogens with zero attached hydrogens (tertiary/aromatic N) is 1. The zero-order valence-electron chi connectivity index (χ0n) is 8.58. The normalized spacial score (nSPS) is 12.9. The van der Waals surface area contributed by atoms with Gasteiger partial charge in [-0.25, -0.2) is 0 Å². The number of furan rings is 1. The summed E-state index contributed by atoms with van der Waals surface area (Å²) in [5.74, 6) is 1.86. The molecule has 0 saturated carbocycles. The van der Waals surface area contributed by atoms with E-state index < -0.39 is 0 Å². The maximum Gasteiger partial charge on any atom is 0.195 e. The van der Waals surface area contributed by atoms with Crippen LogP contribution in [0.5, 0.6) is 0 Å². The highest BCUT2D eigenvalue weighted by molar-refractivity contribution is 5.34. The summed E-state index contributed by atoms with van der Waals surface area (Å²) in [6.07, 6.45) is 0.982. The Labute approximate surface area is 79.5 Å². The van der Waals surface area contributed by atoms with Crippen LogP contribution in [-0.4, -0.2) is 19.6 Å². The fraction of sp³-hybridized carbons (Fsp3) is 0.600. The summed E-state index contributed by atoms with van der Waals surface area (Å²) in [6, 6.07) is 4.20. The summed E-state index contributed by atoms with van der Waals surface area (Å²) >= 11 is 0. The van der Waals surface area contributed by atoms with E-state index in [1.165, 1.54) is 0 Å². The first-order valence-electron chi connectivity index (χ1n) is 4.62. The number of hydrogen-bond acceptors (Lipinski definition) is 3. The van der Waals surface area contributed by atoms with E-state index in [-0.39, 0.29) is 6.04 Å². The Kier molecular flexibility index (Phi) is 3.37. The third kappa shape index (κ3) is 3.11. The van der Waals surface area contributed by atoms with Crippen molar-refractivity contribution in [1.29, 1.82) is 0 Å². The first kappa shape index (κ1) is 10.1. The highest BCUT2D eigenvalue weighted by Crippen LogP contribution is 2.16. The lowest BCUT2D eigenvalue weighted by Gasteiger charge is -2.16. The summed E-state index contributed by atoms with van der Waals surface area (Å²) in [7, 11) is 2.01. The monoisotopic (exact) mass is 182 g/mol. The van der Waals surface area contributed by atoms with Gasteiger partial charge in [0.2, 0.25) is 0 Å². The molecule has 0 bridgehead atoms. The minimum atomic E-state index is 0.249. The molecule has 0 aromatic carbocycles. The molecule has 0 amide bonds. The van der Waals surface area contributed by atoms with E-state index in [1.54, 1.807) is 0 Å². The van der Waals surface area contributed by atoms with Crippen molar-refractivity contribution < 1.29 is 4.42 Å². The molecule has 1 rings (SSSR count). The van der Waals surface area contributed by atoms with Crippen molar-refractivity contribution in [3.63, 3.8) is 0 Å². The molecular formula is C10H18N2O. The number of aryl methyl sites for hydroxylation is 1. The van der Waals surface area contributed by atoms with Gasteiger partial charge in [-0.05, 0) is 26.3 Å². The second kappa shape index (κ2) is 4.33. The maximum atomic E-state index is 5.67. The number of rotatable bonds is 4. The molecule has 0 saturated heterocycles. The number of anilines is 1. The maximum absolute atomic E-state index is 5.67.